The Morgan fingerprint density at radius 1 is 1.33 bits per heavy atom. The van der Waals surface area contributed by atoms with Crippen molar-refractivity contribution < 1.29 is 18.3 Å². The lowest BCUT2D eigenvalue weighted by Crippen LogP contribution is -2.23. The molecule has 112 valence electrons. The monoisotopic (exact) mass is 374 g/mol. The topological polar surface area (TPSA) is 114 Å². The number of carboxylic acids is 1. The Kier molecular flexibility index (Phi) is 4.70. The number of aliphatic carboxylic acids is 1. The Hall–Kier alpha value is -1.78. The molecule has 0 saturated heterocycles. The average Bonchev–Trinajstić information content (AvgIpc) is 2.84. The number of nitrogens with zero attached hydrogens (tertiary/aromatic N) is 3. The van der Waals surface area contributed by atoms with Gasteiger partial charge in [-0.05, 0) is 24.3 Å². The fraction of sp³-hybridized carbons (Fsp3) is 0.182. The summed E-state index contributed by atoms with van der Waals surface area (Å²) in [5.74, 6) is -1.05. The quantitative estimate of drug-likeness (QED) is 0.765. The van der Waals surface area contributed by atoms with Gasteiger partial charge in [-0.25, -0.2) is 17.8 Å². The molecule has 8 nitrogen and oxygen atoms in total. The molecule has 0 spiro atoms. The third kappa shape index (κ3) is 4.34. The van der Waals surface area contributed by atoms with E-state index in [1.54, 1.807) is 12.1 Å². The van der Waals surface area contributed by atoms with E-state index in [1.165, 1.54) is 18.3 Å². The zero-order valence-electron chi connectivity index (χ0n) is 10.6. The van der Waals surface area contributed by atoms with E-state index in [9.17, 15) is 13.2 Å². The van der Waals surface area contributed by atoms with Gasteiger partial charge >= 0.3 is 5.97 Å². The van der Waals surface area contributed by atoms with Crippen LogP contribution in [-0.2, 0) is 27.9 Å². The Labute approximate surface area is 129 Å². The molecular weight excluding hydrogens is 364 g/mol. The first-order valence-corrected chi connectivity index (χ1v) is 8.00. The van der Waals surface area contributed by atoms with Crippen molar-refractivity contribution in [2.75, 3.05) is 0 Å². The summed E-state index contributed by atoms with van der Waals surface area (Å²) in [6.07, 6.45) is 1.37. The fourth-order valence-corrected chi connectivity index (χ4v) is 2.76. The number of sulfonamides is 1. The second-order valence-corrected chi connectivity index (χ2v) is 6.76. The summed E-state index contributed by atoms with van der Waals surface area (Å²) >= 11 is 3.23. The average molecular weight is 375 g/mol. The van der Waals surface area contributed by atoms with Crippen LogP contribution in [0.1, 0.15) is 5.69 Å². The van der Waals surface area contributed by atoms with Crippen LogP contribution < -0.4 is 4.72 Å². The van der Waals surface area contributed by atoms with Crippen LogP contribution in [0.15, 0.2) is 39.8 Å². The fourth-order valence-electron chi connectivity index (χ4n) is 1.50. The van der Waals surface area contributed by atoms with E-state index in [1.807, 2.05) is 0 Å². The molecule has 0 bridgehead atoms. The molecular formula is C11H11BrN4O4S. The van der Waals surface area contributed by atoms with E-state index < -0.39 is 16.0 Å². The Bertz CT molecular complexity index is 742. The third-order valence-electron chi connectivity index (χ3n) is 2.45. The van der Waals surface area contributed by atoms with Crippen LogP contribution in [-0.4, -0.2) is 34.5 Å². The van der Waals surface area contributed by atoms with Gasteiger partial charge in [0.05, 0.1) is 23.3 Å². The van der Waals surface area contributed by atoms with Gasteiger partial charge in [0.15, 0.2) is 0 Å². The molecule has 0 aliphatic heterocycles. The van der Waals surface area contributed by atoms with Gasteiger partial charge in [0.1, 0.15) is 6.54 Å². The molecule has 0 fully saturated rings. The Morgan fingerprint density at radius 2 is 2.00 bits per heavy atom. The number of rotatable bonds is 6. The van der Waals surface area contributed by atoms with Crippen LogP contribution in [0.5, 0.6) is 0 Å². The predicted octanol–water partition coefficient (Wildman–Crippen LogP) is 0.604. The lowest BCUT2D eigenvalue weighted by atomic mass is 10.4. The van der Waals surface area contributed by atoms with Crippen molar-refractivity contribution in [2.45, 2.75) is 18.0 Å². The highest BCUT2D eigenvalue weighted by Crippen LogP contribution is 2.14. The summed E-state index contributed by atoms with van der Waals surface area (Å²) in [5.41, 5.74) is 0.330. The zero-order chi connectivity index (χ0) is 15.5. The SMILES string of the molecule is O=C(O)Cn1cc(CNS(=O)(=O)c2ccc(Br)cc2)nn1. The molecule has 1 heterocycles. The number of halogens is 1. The Morgan fingerprint density at radius 3 is 2.62 bits per heavy atom. The molecule has 1 aromatic carbocycles. The maximum atomic E-state index is 12.0. The summed E-state index contributed by atoms with van der Waals surface area (Å²) < 4.78 is 28.3. The summed E-state index contributed by atoms with van der Waals surface area (Å²) in [7, 11) is -3.65. The van der Waals surface area contributed by atoms with Crippen molar-refractivity contribution in [2.24, 2.45) is 0 Å². The van der Waals surface area contributed by atoms with Crippen molar-refractivity contribution >= 4 is 31.9 Å². The smallest absolute Gasteiger partial charge is 0.325 e. The first-order chi connectivity index (χ1) is 9.87. The van der Waals surface area contributed by atoms with Crippen LogP contribution in [0.3, 0.4) is 0 Å². The standard InChI is InChI=1S/C11H11BrN4O4S/c12-8-1-3-10(4-2-8)21(19,20)13-5-9-6-16(15-14-9)7-11(17)18/h1-4,6,13H,5,7H2,(H,17,18). The van der Waals surface area contributed by atoms with E-state index in [2.05, 4.69) is 31.0 Å². The third-order valence-corrected chi connectivity index (χ3v) is 4.40. The maximum absolute atomic E-state index is 12.0. The number of aromatic nitrogens is 3. The summed E-state index contributed by atoms with van der Waals surface area (Å²) in [6.45, 7) is -0.398. The minimum Gasteiger partial charge on any atom is -0.480 e. The molecule has 0 unspecified atom stereocenters. The molecule has 0 radical (unpaired) electrons. The van der Waals surface area contributed by atoms with E-state index in [4.69, 9.17) is 5.11 Å². The zero-order valence-corrected chi connectivity index (χ0v) is 13.0. The predicted molar refractivity (Wildman–Crippen MR) is 75.8 cm³/mol. The highest BCUT2D eigenvalue weighted by Gasteiger charge is 2.14. The van der Waals surface area contributed by atoms with Gasteiger partial charge in [-0.3, -0.25) is 4.79 Å². The largest absolute Gasteiger partial charge is 0.480 e. The van der Waals surface area contributed by atoms with Gasteiger partial charge in [0, 0.05) is 4.47 Å². The lowest BCUT2D eigenvalue weighted by molar-refractivity contribution is -0.137. The van der Waals surface area contributed by atoms with Gasteiger partial charge in [-0.15, -0.1) is 5.10 Å². The maximum Gasteiger partial charge on any atom is 0.325 e. The Balaban J connectivity index is 2.03. The van der Waals surface area contributed by atoms with Gasteiger partial charge < -0.3 is 5.11 Å². The van der Waals surface area contributed by atoms with Gasteiger partial charge in [-0.1, -0.05) is 21.1 Å². The molecule has 0 atom stereocenters. The molecule has 0 aliphatic rings. The summed E-state index contributed by atoms with van der Waals surface area (Å²) in [5, 5.41) is 15.9. The van der Waals surface area contributed by atoms with E-state index in [-0.39, 0.29) is 18.0 Å². The number of benzene rings is 1. The first-order valence-electron chi connectivity index (χ1n) is 5.73. The van der Waals surface area contributed by atoms with Crippen LogP contribution in [0, 0.1) is 0 Å². The van der Waals surface area contributed by atoms with Crippen LogP contribution >= 0.6 is 15.9 Å². The van der Waals surface area contributed by atoms with Gasteiger partial charge in [0.25, 0.3) is 0 Å². The van der Waals surface area contributed by atoms with Gasteiger partial charge in [-0.2, -0.15) is 0 Å². The number of hydrogen-bond acceptors (Lipinski definition) is 5. The molecule has 2 N–H and O–H groups in total. The van der Waals surface area contributed by atoms with Crippen molar-refractivity contribution in [3.8, 4) is 0 Å². The second kappa shape index (κ2) is 6.33. The number of nitrogens with one attached hydrogen (secondary N) is 1. The minimum absolute atomic E-state index is 0.0714. The lowest BCUT2D eigenvalue weighted by Gasteiger charge is -2.04. The molecule has 10 heteroatoms. The number of carboxylic acid groups (broad SMARTS) is 1. The number of carbonyl (C=O) groups is 1. The van der Waals surface area contributed by atoms with Crippen molar-refractivity contribution in [1.29, 1.82) is 0 Å². The number of hydrogen-bond donors (Lipinski definition) is 2. The summed E-state index contributed by atoms with van der Waals surface area (Å²) in [6, 6.07) is 6.18. The minimum atomic E-state index is -3.65. The molecule has 0 aliphatic carbocycles. The van der Waals surface area contributed by atoms with Crippen molar-refractivity contribution in [3.63, 3.8) is 0 Å². The molecule has 1 aromatic heterocycles. The highest BCUT2D eigenvalue weighted by atomic mass is 79.9. The highest BCUT2D eigenvalue weighted by molar-refractivity contribution is 9.10. The van der Waals surface area contributed by atoms with Gasteiger partial charge in [0.2, 0.25) is 10.0 Å². The van der Waals surface area contributed by atoms with Crippen LogP contribution in [0.2, 0.25) is 0 Å². The van der Waals surface area contributed by atoms with E-state index >= 15 is 0 Å². The van der Waals surface area contributed by atoms with Crippen LogP contribution in [0.4, 0.5) is 0 Å². The van der Waals surface area contributed by atoms with Crippen LogP contribution in [0.25, 0.3) is 0 Å². The molecule has 2 aromatic rings. The molecule has 0 amide bonds. The normalized spacial score (nSPS) is 11.5. The van der Waals surface area contributed by atoms with E-state index in [0.717, 1.165) is 9.15 Å². The van der Waals surface area contributed by atoms with Crippen molar-refractivity contribution in [3.05, 3.63) is 40.6 Å². The molecule has 2 rings (SSSR count). The second-order valence-electron chi connectivity index (χ2n) is 4.08. The molecule has 21 heavy (non-hydrogen) atoms. The van der Waals surface area contributed by atoms with E-state index in [0.29, 0.717) is 5.69 Å². The molecule has 0 saturated carbocycles. The first kappa shape index (κ1) is 15.6. The van der Waals surface area contributed by atoms with Crippen molar-refractivity contribution in [1.82, 2.24) is 19.7 Å². The summed E-state index contributed by atoms with van der Waals surface area (Å²) in [4.78, 5) is 10.6.